The highest BCUT2D eigenvalue weighted by Gasteiger charge is 2.13. The van der Waals surface area contributed by atoms with Crippen molar-refractivity contribution < 1.29 is 18.1 Å². The number of phenolic OH excluding ortho intramolecular Hbond substituents is 1. The van der Waals surface area contributed by atoms with Crippen LogP contribution in [0.1, 0.15) is 0 Å². The zero-order valence-electron chi connectivity index (χ0n) is 8.66. The number of phenols is 1. The van der Waals surface area contributed by atoms with E-state index in [2.05, 4.69) is 11.7 Å². The summed E-state index contributed by atoms with van der Waals surface area (Å²) in [7, 11) is -4.33. The van der Waals surface area contributed by atoms with E-state index < -0.39 is 10.1 Å². The maximum absolute atomic E-state index is 11.0. The van der Waals surface area contributed by atoms with Crippen molar-refractivity contribution in [1.82, 2.24) is 0 Å². The first-order valence-corrected chi connectivity index (χ1v) is 6.07. The van der Waals surface area contributed by atoms with Gasteiger partial charge in [-0.1, -0.05) is 6.07 Å². The molecular weight excluding hydrogens is 242 g/mol. The summed E-state index contributed by atoms with van der Waals surface area (Å²) < 4.78 is 30.8. The Morgan fingerprint density at radius 3 is 2.47 bits per heavy atom. The molecule has 0 aliphatic rings. The predicted molar refractivity (Wildman–Crippen MR) is 64.6 cm³/mol. The van der Waals surface area contributed by atoms with Crippen molar-refractivity contribution in [1.29, 1.82) is 0 Å². The van der Waals surface area contributed by atoms with Crippen LogP contribution < -0.4 is 0 Å². The topological polar surface area (TPSA) is 87.0 Å². The highest BCUT2D eigenvalue weighted by atomic mass is 32.2. The van der Waals surface area contributed by atoms with Gasteiger partial charge < -0.3 is 5.11 Å². The van der Waals surface area contributed by atoms with Crippen molar-refractivity contribution in [3.8, 4) is 5.75 Å². The molecule has 0 fully saturated rings. The van der Waals surface area contributed by atoms with Crippen LogP contribution in [0.15, 0.2) is 40.2 Å². The monoisotopic (exact) mass is 251 g/mol. The van der Waals surface area contributed by atoms with Gasteiger partial charge in [-0.25, -0.2) is 0 Å². The van der Waals surface area contributed by atoms with Crippen molar-refractivity contribution in [3.05, 3.63) is 30.3 Å². The second-order valence-corrected chi connectivity index (χ2v) is 4.90. The van der Waals surface area contributed by atoms with E-state index in [1.165, 1.54) is 6.07 Å². The zero-order chi connectivity index (χ0) is 12.6. The predicted octanol–water partition coefficient (Wildman–Crippen LogP) is 2.12. The van der Waals surface area contributed by atoms with Gasteiger partial charge in [0, 0.05) is 11.5 Å². The molecule has 2 aromatic rings. The van der Waals surface area contributed by atoms with E-state index >= 15 is 0 Å². The second kappa shape index (κ2) is 3.83. The molecule has 0 spiro atoms. The Balaban J connectivity index is 2.81. The molecule has 0 aliphatic carbocycles. The summed E-state index contributed by atoms with van der Waals surface area (Å²) in [5, 5.41) is 10.6. The largest absolute Gasteiger partial charge is 0.507 e. The van der Waals surface area contributed by atoms with Crippen LogP contribution in [-0.2, 0) is 10.1 Å². The summed E-state index contributed by atoms with van der Waals surface area (Å²) in [6, 6.07) is 7.06. The zero-order valence-corrected chi connectivity index (χ0v) is 9.48. The fourth-order valence-electron chi connectivity index (χ4n) is 1.55. The van der Waals surface area contributed by atoms with Crippen molar-refractivity contribution in [2.24, 2.45) is 4.99 Å². The van der Waals surface area contributed by atoms with Gasteiger partial charge in [-0.2, -0.15) is 8.42 Å². The number of nitrogens with zero attached hydrogens (tertiary/aromatic N) is 1. The molecule has 0 atom stereocenters. The molecule has 0 saturated carbocycles. The summed E-state index contributed by atoms with van der Waals surface area (Å²) in [6.45, 7) is 3.36. The van der Waals surface area contributed by atoms with Crippen LogP contribution in [0.25, 0.3) is 10.8 Å². The summed E-state index contributed by atoms with van der Waals surface area (Å²) in [5.41, 5.74) is 0.562. The number of benzene rings is 2. The van der Waals surface area contributed by atoms with Gasteiger partial charge >= 0.3 is 0 Å². The van der Waals surface area contributed by atoms with Gasteiger partial charge in [0.15, 0.2) is 0 Å². The van der Waals surface area contributed by atoms with Gasteiger partial charge in [-0.05, 0) is 30.3 Å². The number of rotatable bonds is 2. The first-order chi connectivity index (χ1) is 7.91. The lowest BCUT2D eigenvalue weighted by Crippen LogP contribution is -1.97. The van der Waals surface area contributed by atoms with Gasteiger partial charge in [0.25, 0.3) is 10.1 Å². The molecule has 0 aliphatic heterocycles. The third kappa shape index (κ3) is 2.13. The van der Waals surface area contributed by atoms with E-state index in [9.17, 15) is 13.5 Å². The summed E-state index contributed by atoms with van der Waals surface area (Å²) in [5.74, 6) is -0.236. The molecule has 0 saturated heterocycles. The highest BCUT2D eigenvalue weighted by molar-refractivity contribution is 7.85. The highest BCUT2D eigenvalue weighted by Crippen LogP contribution is 2.31. The molecule has 2 N–H and O–H groups in total. The minimum atomic E-state index is -4.33. The maximum atomic E-state index is 11.0. The van der Waals surface area contributed by atoms with Gasteiger partial charge in [0.05, 0.1) is 10.6 Å². The molecule has 0 radical (unpaired) electrons. The number of fused-ring (bicyclic) bond motifs is 1. The molecule has 6 heteroatoms. The lowest BCUT2D eigenvalue weighted by atomic mass is 10.1. The van der Waals surface area contributed by atoms with Crippen LogP contribution >= 0.6 is 0 Å². The number of hydrogen-bond donors (Lipinski definition) is 2. The average molecular weight is 251 g/mol. The molecule has 0 heterocycles. The Morgan fingerprint density at radius 2 is 1.88 bits per heavy atom. The standard InChI is InChI=1S/C11H9NO4S/c1-12-8-3-2-7-4-9(17(14,15)16)6-11(13)10(7)5-8/h2-6,13H,1H2,(H,14,15,16). The number of aliphatic imine (C=N–C) groups is 1. The average Bonchev–Trinajstić information content (AvgIpc) is 2.27. The van der Waals surface area contributed by atoms with E-state index in [1.807, 2.05) is 0 Å². The second-order valence-electron chi connectivity index (χ2n) is 3.48. The van der Waals surface area contributed by atoms with E-state index in [-0.39, 0.29) is 10.6 Å². The molecule has 88 valence electrons. The van der Waals surface area contributed by atoms with Gasteiger partial charge in [0.2, 0.25) is 0 Å². The van der Waals surface area contributed by atoms with Crippen molar-refractivity contribution in [2.45, 2.75) is 4.90 Å². The lowest BCUT2D eigenvalue weighted by molar-refractivity contribution is 0.471. The van der Waals surface area contributed by atoms with Crippen LogP contribution in [0.5, 0.6) is 5.75 Å². The number of hydrogen-bond acceptors (Lipinski definition) is 4. The fraction of sp³-hybridized carbons (Fsp3) is 0. The van der Waals surface area contributed by atoms with Gasteiger partial charge in [-0.3, -0.25) is 9.55 Å². The van der Waals surface area contributed by atoms with Crippen molar-refractivity contribution >= 4 is 33.3 Å². The molecule has 0 unspecified atom stereocenters. The molecule has 0 bridgehead atoms. The maximum Gasteiger partial charge on any atom is 0.294 e. The first-order valence-electron chi connectivity index (χ1n) is 4.63. The molecule has 2 aromatic carbocycles. The van der Waals surface area contributed by atoms with Gasteiger partial charge in [0.1, 0.15) is 5.75 Å². The van der Waals surface area contributed by atoms with E-state index in [4.69, 9.17) is 4.55 Å². The fourth-order valence-corrected chi connectivity index (χ4v) is 2.08. The molecule has 0 amide bonds. The van der Waals surface area contributed by atoms with Crippen LogP contribution in [0.4, 0.5) is 5.69 Å². The quantitative estimate of drug-likeness (QED) is 0.632. The molecule has 2 rings (SSSR count). The Bertz CT molecular complexity index is 707. The summed E-state index contributed by atoms with van der Waals surface area (Å²) in [6.07, 6.45) is 0. The molecular formula is C11H9NO4S. The van der Waals surface area contributed by atoms with E-state index in [1.54, 1.807) is 18.2 Å². The summed E-state index contributed by atoms with van der Waals surface area (Å²) >= 11 is 0. The lowest BCUT2D eigenvalue weighted by Gasteiger charge is -2.05. The SMILES string of the molecule is C=Nc1ccc2cc(S(=O)(=O)O)cc(O)c2c1. The number of aromatic hydroxyl groups is 1. The molecule has 5 nitrogen and oxygen atoms in total. The minimum Gasteiger partial charge on any atom is -0.507 e. The Labute approximate surface area is 97.8 Å². The third-order valence-corrected chi connectivity index (χ3v) is 3.20. The molecule has 17 heavy (non-hydrogen) atoms. The minimum absolute atomic E-state index is 0.236. The van der Waals surface area contributed by atoms with Gasteiger partial charge in [-0.15, -0.1) is 0 Å². The molecule has 0 aromatic heterocycles. The van der Waals surface area contributed by atoms with Crippen molar-refractivity contribution in [3.63, 3.8) is 0 Å². The smallest absolute Gasteiger partial charge is 0.294 e. The first kappa shape index (κ1) is 11.6. The Morgan fingerprint density at radius 1 is 1.18 bits per heavy atom. The van der Waals surface area contributed by atoms with Crippen LogP contribution in [0, 0.1) is 0 Å². The Hall–Kier alpha value is -1.92. The Kier molecular flexibility index (Phi) is 2.60. The normalized spacial score (nSPS) is 11.6. The van der Waals surface area contributed by atoms with Crippen LogP contribution in [-0.4, -0.2) is 24.8 Å². The third-order valence-electron chi connectivity index (χ3n) is 2.37. The van der Waals surface area contributed by atoms with Crippen molar-refractivity contribution in [2.75, 3.05) is 0 Å². The van der Waals surface area contributed by atoms with E-state index in [0.29, 0.717) is 16.5 Å². The summed E-state index contributed by atoms with van der Waals surface area (Å²) in [4.78, 5) is 3.36. The van der Waals surface area contributed by atoms with Crippen LogP contribution in [0.2, 0.25) is 0 Å². The van der Waals surface area contributed by atoms with E-state index in [0.717, 1.165) is 6.07 Å². The van der Waals surface area contributed by atoms with Crippen LogP contribution in [0.3, 0.4) is 0 Å².